The van der Waals surface area contributed by atoms with Gasteiger partial charge in [-0.2, -0.15) is 5.10 Å². The first kappa shape index (κ1) is 13.2. The first-order valence-electron chi connectivity index (χ1n) is 7.06. The summed E-state index contributed by atoms with van der Waals surface area (Å²) in [6.45, 7) is 0. The quantitative estimate of drug-likeness (QED) is 0.507. The maximum absolute atomic E-state index is 4.43. The molecule has 5 heteroatoms. The van der Waals surface area contributed by atoms with Crippen molar-refractivity contribution in [3.8, 4) is 23.0 Å². The Labute approximate surface area is 132 Å². The summed E-state index contributed by atoms with van der Waals surface area (Å²) in [5, 5.41) is 4.11. The first-order chi connectivity index (χ1) is 11.4. The summed E-state index contributed by atoms with van der Waals surface area (Å²) in [7, 11) is 0. The molecule has 23 heavy (non-hydrogen) atoms. The Morgan fingerprint density at radius 3 is 2.65 bits per heavy atom. The standard InChI is InChI=1S/C18H11N5/c1(2-17-6-10-23-18(22-17)5-9-21-23)14-11-16(13-20-12-14)15-3-7-19-8-4-15/h3-13H. The highest BCUT2D eigenvalue weighted by Crippen LogP contribution is 2.17. The van der Waals surface area contributed by atoms with Crippen LogP contribution in [-0.2, 0) is 0 Å². The van der Waals surface area contributed by atoms with Crippen molar-refractivity contribution in [2.24, 2.45) is 0 Å². The molecule has 0 N–H and O–H groups in total. The van der Waals surface area contributed by atoms with Crippen LogP contribution in [-0.4, -0.2) is 24.6 Å². The Kier molecular flexibility index (Phi) is 3.26. The zero-order chi connectivity index (χ0) is 15.5. The van der Waals surface area contributed by atoms with Crippen LogP contribution >= 0.6 is 0 Å². The van der Waals surface area contributed by atoms with Crippen LogP contribution in [0.15, 0.2) is 67.5 Å². The molecule has 0 unspecified atom stereocenters. The van der Waals surface area contributed by atoms with Crippen molar-refractivity contribution in [3.05, 3.63) is 78.8 Å². The summed E-state index contributed by atoms with van der Waals surface area (Å²) in [4.78, 5) is 12.7. The second-order valence-corrected chi connectivity index (χ2v) is 4.89. The molecule has 0 fully saturated rings. The second kappa shape index (κ2) is 5.70. The number of rotatable bonds is 1. The molecule has 0 aliphatic carbocycles. The lowest BCUT2D eigenvalue weighted by Gasteiger charge is -2.00. The minimum Gasteiger partial charge on any atom is -0.265 e. The van der Waals surface area contributed by atoms with Crippen molar-refractivity contribution < 1.29 is 0 Å². The van der Waals surface area contributed by atoms with Crippen molar-refractivity contribution in [1.29, 1.82) is 0 Å². The Balaban J connectivity index is 1.67. The fourth-order valence-electron chi connectivity index (χ4n) is 2.23. The molecule has 0 saturated heterocycles. The molecule has 4 aromatic heterocycles. The molecule has 4 aromatic rings. The molecule has 0 spiro atoms. The summed E-state index contributed by atoms with van der Waals surface area (Å²) in [6.07, 6.45) is 10.6. The molecule has 0 aliphatic rings. The number of hydrogen-bond acceptors (Lipinski definition) is 4. The molecule has 0 aromatic carbocycles. The molecule has 4 heterocycles. The first-order valence-corrected chi connectivity index (χ1v) is 7.06. The summed E-state index contributed by atoms with van der Waals surface area (Å²) in [5.74, 6) is 6.17. The highest BCUT2D eigenvalue weighted by molar-refractivity contribution is 5.63. The Hall–Kier alpha value is -3.52. The van der Waals surface area contributed by atoms with Crippen molar-refractivity contribution in [2.45, 2.75) is 0 Å². The predicted molar refractivity (Wildman–Crippen MR) is 86.4 cm³/mol. The van der Waals surface area contributed by atoms with Gasteiger partial charge in [-0.15, -0.1) is 0 Å². The van der Waals surface area contributed by atoms with Gasteiger partial charge in [0.05, 0.1) is 6.20 Å². The van der Waals surface area contributed by atoms with Gasteiger partial charge in [-0.3, -0.25) is 9.97 Å². The van der Waals surface area contributed by atoms with Gasteiger partial charge in [-0.25, -0.2) is 9.50 Å². The number of aromatic nitrogens is 5. The van der Waals surface area contributed by atoms with E-state index in [-0.39, 0.29) is 0 Å². The third-order valence-electron chi connectivity index (χ3n) is 3.34. The van der Waals surface area contributed by atoms with Crippen LogP contribution in [0.25, 0.3) is 16.8 Å². The predicted octanol–water partition coefficient (Wildman–Crippen LogP) is 2.59. The molecule has 5 nitrogen and oxygen atoms in total. The zero-order valence-corrected chi connectivity index (χ0v) is 12.1. The van der Waals surface area contributed by atoms with E-state index < -0.39 is 0 Å². The molecule has 4 rings (SSSR count). The molecule has 108 valence electrons. The highest BCUT2D eigenvalue weighted by Gasteiger charge is 1.99. The van der Waals surface area contributed by atoms with Crippen LogP contribution in [0.1, 0.15) is 11.3 Å². The minimum absolute atomic E-state index is 0.701. The molecular formula is C18H11N5. The van der Waals surface area contributed by atoms with Crippen molar-refractivity contribution in [3.63, 3.8) is 0 Å². The van der Waals surface area contributed by atoms with E-state index >= 15 is 0 Å². The van der Waals surface area contributed by atoms with Crippen LogP contribution in [0, 0.1) is 11.8 Å². The largest absolute Gasteiger partial charge is 0.265 e. The monoisotopic (exact) mass is 297 g/mol. The molecule has 0 atom stereocenters. The average molecular weight is 297 g/mol. The normalized spacial score (nSPS) is 10.3. The molecule has 0 bridgehead atoms. The minimum atomic E-state index is 0.701. The number of nitrogens with zero attached hydrogens (tertiary/aromatic N) is 5. The van der Waals surface area contributed by atoms with Gasteiger partial charge in [-0.1, -0.05) is 5.92 Å². The van der Waals surface area contributed by atoms with E-state index in [2.05, 4.69) is 31.9 Å². The summed E-state index contributed by atoms with van der Waals surface area (Å²) < 4.78 is 1.71. The van der Waals surface area contributed by atoms with E-state index in [4.69, 9.17) is 0 Å². The highest BCUT2D eigenvalue weighted by atomic mass is 15.2. The van der Waals surface area contributed by atoms with E-state index in [1.165, 1.54) is 0 Å². The Morgan fingerprint density at radius 2 is 1.74 bits per heavy atom. The number of hydrogen-bond donors (Lipinski definition) is 0. The van der Waals surface area contributed by atoms with E-state index in [0.717, 1.165) is 22.3 Å². The van der Waals surface area contributed by atoms with Gasteiger partial charge < -0.3 is 0 Å². The van der Waals surface area contributed by atoms with Gasteiger partial charge in [-0.05, 0) is 35.7 Å². The topological polar surface area (TPSA) is 56.0 Å². The van der Waals surface area contributed by atoms with Gasteiger partial charge in [0.2, 0.25) is 0 Å². The van der Waals surface area contributed by atoms with Gasteiger partial charge in [0, 0.05) is 48.2 Å². The number of pyridine rings is 2. The number of fused-ring (bicyclic) bond motifs is 1. The maximum atomic E-state index is 4.43. The Bertz CT molecular complexity index is 1030. The SMILES string of the molecule is C(#Cc1ccn2nccc2n1)c1cncc(-c2ccncc2)c1. The lowest BCUT2D eigenvalue weighted by molar-refractivity contribution is 0.936. The fourth-order valence-corrected chi connectivity index (χ4v) is 2.23. The zero-order valence-electron chi connectivity index (χ0n) is 12.1. The van der Waals surface area contributed by atoms with Gasteiger partial charge in [0.15, 0.2) is 5.65 Å². The molecule has 0 radical (unpaired) electrons. The third kappa shape index (κ3) is 2.78. The van der Waals surface area contributed by atoms with Crippen molar-refractivity contribution >= 4 is 5.65 Å². The third-order valence-corrected chi connectivity index (χ3v) is 3.34. The van der Waals surface area contributed by atoms with Crippen LogP contribution in [0.2, 0.25) is 0 Å². The van der Waals surface area contributed by atoms with Gasteiger partial charge >= 0.3 is 0 Å². The van der Waals surface area contributed by atoms with Crippen LogP contribution in [0.3, 0.4) is 0 Å². The lowest BCUT2D eigenvalue weighted by Crippen LogP contribution is -1.91. The summed E-state index contributed by atoms with van der Waals surface area (Å²) >= 11 is 0. The second-order valence-electron chi connectivity index (χ2n) is 4.89. The van der Waals surface area contributed by atoms with E-state index in [1.54, 1.807) is 29.3 Å². The van der Waals surface area contributed by atoms with Crippen molar-refractivity contribution in [1.82, 2.24) is 24.6 Å². The molecule has 0 aliphatic heterocycles. The molecule has 0 saturated carbocycles. The van der Waals surface area contributed by atoms with Crippen LogP contribution in [0.5, 0.6) is 0 Å². The Morgan fingerprint density at radius 1 is 0.826 bits per heavy atom. The molecule has 0 amide bonds. The van der Waals surface area contributed by atoms with E-state index in [9.17, 15) is 0 Å². The van der Waals surface area contributed by atoms with Crippen LogP contribution < -0.4 is 0 Å². The van der Waals surface area contributed by atoms with Gasteiger partial charge in [0.25, 0.3) is 0 Å². The van der Waals surface area contributed by atoms with Crippen molar-refractivity contribution in [2.75, 3.05) is 0 Å². The van der Waals surface area contributed by atoms with Gasteiger partial charge in [0.1, 0.15) is 5.69 Å². The average Bonchev–Trinajstić information content (AvgIpc) is 3.09. The van der Waals surface area contributed by atoms with E-state index in [0.29, 0.717) is 5.69 Å². The summed E-state index contributed by atoms with van der Waals surface area (Å²) in [5.41, 5.74) is 4.40. The molecular weight excluding hydrogens is 286 g/mol. The van der Waals surface area contributed by atoms with Crippen LogP contribution in [0.4, 0.5) is 0 Å². The maximum Gasteiger partial charge on any atom is 0.156 e. The lowest BCUT2D eigenvalue weighted by atomic mass is 10.1. The van der Waals surface area contributed by atoms with E-state index in [1.807, 2.05) is 42.7 Å². The smallest absolute Gasteiger partial charge is 0.156 e. The fraction of sp³-hybridized carbons (Fsp3) is 0. The summed E-state index contributed by atoms with van der Waals surface area (Å²) in [6, 6.07) is 9.59.